The smallest absolute Gasteiger partial charge is 0.274 e. The van der Waals surface area contributed by atoms with E-state index in [9.17, 15) is 8.42 Å². The van der Waals surface area contributed by atoms with Gasteiger partial charge in [0.2, 0.25) is 0 Å². The Bertz CT molecular complexity index is 520. The van der Waals surface area contributed by atoms with Crippen LogP contribution in [-0.4, -0.2) is 39.0 Å². The average molecular weight is 297 g/mol. The fourth-order valence-corrected chi connectivity index (χ4v) is 3.25. The summed E-state index contributed by atoms with van der Waals surface area (Å²) in [4.78, 5) is 2.38. The molecule has 0 radical (unpaired) electrons. The fourth-order valence-electron chi connectivity index (χ4n) is 2.55. The standard InChI is InChI=1S/C14H23N3O2S/c1-12-2-4-13(5-3-12)6-9-17-10-7-14(8-11-17)16-20(15,18)19/h2-5,14,16H,6-11H2,1H3,(H2,15,18,19). The Kier molecular flexibility index (Phi) is 5.15. The highest BCUT2D eigenvalue weighted by atomic mass is 32.2. The zero-order valence-corrected chi connectivity index (χ0v) is 12.7. The van der Waals surface area contributed by atoms with E-state index < -0.39 is 10.2 Å². The van der Waals surface area contributed by atoms with Crippen LogP contribution in [-0.2, 0) is 16.6 Å². The molecule has 1 aromatic rings. The van der Waals surface area contributed by atoms with Crippen molar-refractivity contribution in [1.29, 1.82) is 0 Å². The van der Waals surface area contributed by atoms with E-state index in [4.69, 9.17) is 5.14 Å². The van der Waals surface area contributed by atoms with Gasteiger partial charge < -0.3 is 4.90 Å². The van der Waals surface area contributed by atoms with Crippen LogP contribution in [0.3, 0.4) is 0 Å². The molecule has 3 N–H and O–H groups in total. The maximum Gasteiger partial charge on any atom is 0.274 e. The van der Waals surface area contributed by atoms with Gasteiger partial charge in [-0.2, -0.15) is 13.1 Å². The van der Waals surface area contributed by atoms with Crippen molar-refractivity contribution >= 4 is 10.2 Å². The lowest BCUT2D eigenvalue weighted by atomic mass is 10.0. The van der Waals surface area contributed by atoms with Gasteiger partial charge >= 0.3 is 0 Å². The predicted octanol–water partition coefficient (Wildman–Crippen LogP) is 0.795. The monoisotopic (exact) mass is 297 g/mol. The van der Waals surface area contributed by atoms with Crippen LogP contribution in [0.4, 0.5) is 0 Å². The minimum atomic E-state index is -3.57. The molecule has 6 heteroatoms. The number of rotatable bonds is 5. The third kappa shape index (κ3) is 5.20. The minimum Gasteiger partial charge on any atom is -0.303 e. The Morgan fingerprint density at radius 1 is 1.25 bits per heavy atom. The van der Waals surface area contributed by atoms with Crippen LogP contribution in [0.25, 0.3) is 0 Å². The summed E-state index contributed by atoms with van der Waals surface area (Å²) in [6.45, 7) is 4.94. The van der Waals surface area contributed by atoms with Crippen molar-refractivity contribution in [2.75, 3.05) is 19.6 Å². The highest BCUT2D eigenvalue weighted by Gasteiger charge is 2.21. The summed E-state index contributed by atoms with van der Waals surface area (Å²) in [6, 6.07) is 8.60. The summed E-state index contributed by atoms with van der Waals surface area (Å²) in [7, 11) is -3.57. The highest BCUT2D eigenvalue weighted by Crippen LogP contribution is 2.12. The fraction of sp³-hybridized carbons (Fsp3) is 0.571. The third-order valence-electron chi connectivity index (χ3n) is 3.76. The molecular formula is C14H23N3O2S. The molecule has 0 aliphatic carbocycles. The molecule has 1 heterocycles. The molecule has 1 aromatic carbocycles. The zero-order valence-electron chi connectivity index (χ0n) is 11.9. The summed E-state index contributed by atoms with van der Waals surface area (Å²) in [5.74, 6) is 0. The quantitative estimate of drug-likeness (QED) is 0.844. The molecule has 112 valence electrons. The third-order valence-corrected chi connectivity index (χ3v) is 4.42. The molecule has 1 aliphatic heterocycles. The van der Waals surface area contributed by atoms with Crippen molar-refractivity contribution in [3.8, 4) is 0 Å². The van der Waals surface area contributed by atoms with Gasteiger partial charge in [0.25, 0.3) is 10.2 Å². The zero-order chi connectivity index (χ0) is 14.6. The van der Waals surface area contributed by atoms with Gasteiger partial charge in [0, 0.05) is 12.6 Å². The van der Waals surface area contributed by atoms with Crippen molar-refractivity contribution in [3.05, 3.63) is 35.4 Å². The van der Waals surface area contributed by atoms with Crippen molar-refractivity contribution in [1.82, 2.24) is 9.62 Å². The van der Waals surface area contributed by atoms with Gasteiger partial charge in [-0.3, -0.25) is 0 Å². The topological polar surface area (TPSA) is 75.4 Å². The van der Waals surface area contributed by atoms with Crippen LogP contribution in [0, 0.1) is 6.92 Å². The van der Waals surface area contributed by atoms with E-state index in [1.165, 1.54) is 11.1 Å². The molecule has 0 saturated carbocycles. The molecule has 0 bridgehead atoms. The maximum absolute atomic E-state index is 11.0. The van der Waals surface area contributed by atoms with Gasteiger partial charge in [0.15, 0.2) is 0 Å². The predicted molar refractivity (Wildman–Crippen MR) is 80.6 cm³/mol. The SMILES string of the molecule is Cc1ccc(CCN2CCC(NS(N)(=O)=O)CC2)cc1. The summed E-state index contributed by atoms with van der Waals surface area (Å²) in [5.41, 5.74) is 2.63. The Labute approximate surface area is 121 Å². The second-order valence-electron chi connectivity index (χ2n) is 5.51. The number of aryl methyl sites for hydroxylation is 1. The van der Waals surface area contributed by atoms with E-state index in [1.807, 2.05) is 0 Å². The first-order valence-electron chi connectivity index (χ1n) is 7.00. The molecule has 0 aromatic heterocycles. The van der Waals surface area contributed by atoms with Crippen LogP contribution < -0.4 is 9.86 Å². The van der Waals surface area contributed by atoms with Crippen molar-refractivity contribution in [2.24, 2.45) is 5.14 Å². The maximum atomic E-state index is 11.0. The first-order chi connectivity index (χ1) is 9.42. The van der Waals surface area contributed by atoms with E-state index >= 15 is 0 Å². The number of hydrogen-bond donors (Lipinski definition) is 2. The lowest BCUT2D eigenvalue weighted by Crippen LogP contribution is -2.46. The van der Waals surface area contributed by atoms with Crippen LogP contribution in [0.2, 0.25) is 0 Å². The van der Waals surface area contributed by atoms with Crippen molar-refractivity contribution in [3.63, 3.8) is 0 Å². The van der Waals surface area contributed by atoms with Gasteiger partial charge in [0.05, 0.1) is 0 Å². The first kappa shape index (κ1) is 15.4. The average Bonchev–Trinajstić information content (AvgIpc) is 2.38. The number of nitrogens with two attached hydrogens (primary N) is 1. The summed E-state index contributed by atoms with van der Waals surface area (Å²) in [6.07, 6.45) is 2.68. The van der Waals surface area contributed by atoms with Gasteiger partial charge in [-0.05, 0) is 44.8 Å². The van der Waals surface area contributed by atoms with Gasteiger partial charge in [-0.25, -0.2) is 5.14 Å². The van der Waals surface area contributed by atoms with E-state index in [-0.39, 0.29) is 6.04 Å². The van der Waals surface area contributed by atoms with Crippen LogP contribution in [0.15, 0.2) is 24.3 Å². The van der Waals surface area contributed by atoms with Gasteiger partial charge in [-0.1, -0.05) is 29.8 Å². The molecule has 0 amide bonds. The molecule has 0 unspecified atom stereocenters. The second-order valence-corrected chi connectivity index (χ2v) is 6.84. The molecule has 1 saturated heterocycles. The van der Waals surface area contributed by atoms with E-state index in [0.717, 1.165) is 38.9 Å². The summed E-state index contributed by atoms with van der Waals surface area (Å²) >= 11 is 0. The number of hydrogen-bond acceptors (Lipinski definition) is 3. The van der Waals surface area contributed by atoms with Crippen LogP contribution in [0.5, 0.6) is 0 Å². The molecule has 5 nitrogen and oxygen atoms in total. The van der Waals surface area contributed by atoms with Gasteiger partial charge in [-0.15, -0.1) is 0 Å². The summed E-state index contributed by atoms with van der Waals surface area (Å²) in [5, 5.41) is 5.00. The molecule has 2 rings (SSSR count). The van der Waals surface area contributed by atoms with E-state index in [2.05, 4.69) is 40.8 Å². The van der Waals surface area contributed by atoms with Crippen LogP contribution in [0.1, 0.15) is 24.0 Å². The normalized spacial score (nSPS) is 18.3. The lowest BCUT2D eigenvalue weighted by Gasteiger charge is -2.31. The lowest BCUT2D eigenvalue weighted by molar-refractivity contribution is 0.209. The Morgan fingerprint density at radius 2 is 1.85 bits per heavy atom. The van der Waals surface area contributed by atoms with Crippen molar-refractivity contribution < 1.29 is 8.42 Å². The number of piperidine rings is 1. The molecule has 1 fully saturated rings. The molecule has 0 atom stereocenters. The molecular weight excluding hydrogens is 274 g/mol. The number of likely N-dealkylation sites (tertiary alicyclic amines) is 1. The number of nitrogens with one attached hydrogen (secondary N) is 1. The van der Waals surface area contributed by atoms with E-state index in [0.29, 0.717) is 0 Å². The molecule has 20 heavy (non-hydrogen) atoms. The molecule has 1 aliphatic rings. The van der Waals surface area contributed by atoms with Gasteiger partial charge in [0.1, 0.15) is 0 Å². The van der Waals surface area contributed by atoms with Crippen molar-refractivity contribution in [2.45, 2.75) is 32.2 Å². The highest BCUT2D eigenvalue weighted by molar-refractivity contribution is 7.87. The summed E-state index contributed by atoms with van der Waals surface area (Å²) < 4.78 is 24.4. The minimum absolute atomic E-state index is 0.0133. The second kappa shape index (κ2) is 6.67. The molecule has 0 spiro atoms. The van der Waals surface area contributed by atoms with Crippen LogP contribution >= 0.6 is 0 Å². The largest absolute Gasteiger partial charge is 0.303 e. The number of benzene rings is 1. The first-order valence-corrected chi connectivity index (χ1v) is 8.55. The Morgan fingerprint density at radius 3 is 2.40 bits per heavy atom. The van der Waals surface area contributed by atoms with E-state index in [1.54, 1.807) is 0 Å². The number of nitrogens with zero attached hydrogens (tertiary/aromatic N) is 1. The Balaban J connectivity index is 1.73. The Hall–Kier alpha value is -0.950.